The zero-order valence-corrected chi connectivity index (χ0v) is 23.6. The van der Waals surface area contributed by atoms with Gasteiger partial charge in [0.2, 0.25) is 0 Å². The number of anilines is 1. The lowest BCUT2D eigenvalue weighted by Gasteiger charge is -2.29. The highest BCUT2D eigenvalue weighted by atomic mass is 35.5. The summed E-state index contributed by atoms with van der Waals surface area (Å²) in [4.78, 5) is 32.9. The molecule has 2 atom stereocenters. The monoisotopic (exact) mass is 609 g/mol. The number of pyridine rings is 2. The lowest BCUT2D eigenvalue weighted by molar-refractivity contribution is 0.0508. The van der Waals surface area contributed by atoms with E-state index in [1.165, 1.54) is 18.3 Å². The molecular weight excluding hydrogens is 585 g/mol. The minimum atomic E-state index is -4.13. The van der Waals surface area contributed by atoms with Crippen LogP contribution in [0.4, 0.5) is 10.5 Å². The second-order valence-electron chi connectivity index (χ2n) is 9.69. The molecule has 2 unspecified atom stereocenters. The van der Waals surface area contributed by atoms with E-state index in [9.17, 15) is 14.2 Å². The minimum absolute atomic E-state index is 0.0759. The third kappa shape index (κ3) is 6.32. The molecule has 1 aliphatic carbocycles. The fourth-order valence-corrected chi connectivity index (χ4v) is 5.98. The van der Waals surface area contributed by atoms with Crippen LogP contribution in [0.2, 0.25) is 5.02 Å². The first-order chi connectivity index (χ1) is 20.3. The Morgan fingerprint density at radius 3 is 2.57 bits per heavy atom. The number of halogens is 1. The first-order valence-corrected chi connectivity index (χ1v) is 14.9. The van der Waals surface area contributed by atoms with Gasteiger partial charge in [0.05, 0.1) is 34.5 Å². The van der Waals surface area contributed by atoms with Gasteiger partial charge in [0.15, 0.2) is 0 Å². The summed E-state index contributed by atoms with van der Waals surface area (Å²) in [5.74, 6) is -0.232. The third-order valence-corrected chi connectivity index (χ3v) is 8.32. The Morgan fingerprint density at radius 1 is 1.02 bits per heavy atom. The van der Waals surface area contributed by atoms with E-state index in [-0.39, 0.29) is 35.0 Å². The van der Waals surface area contributed by atoms with Gasteiger partial charge in [-0.05, 0) is 54.8 Å². The van der Waals surface area contributed by atoms with Gasteiger partial charge in [-0.15, -0.1) is 0 Å². The number of rotatable bonds is 8. The summed E-state index contributed by atoms with van der Waals surface area (Å²) in [6.45, 7) is 0.113. The predicted octanol–water partition coefficient (Wildman–Crippen LogP) is 6.12. The van der Waals surface area contributed by atoms with Gasteiger partial charge in [-0.25, -0.2) is 9.36 Å². The van der Waals surface area contributed by atoms with Crippen LogP contribution in [0.25, 0.3) is 10.9 Å². The molecule has 0 bridgehead atoms. The normalized spacial score (nSPS) is 20.1. The number of phosphoric ester groups is 1. The summed E-state index contributed by atoms with van der Waals surface area (Å²) in [6.07, 6.45) is 6.54. The topological polar surface area (TPSA) is 164 Å². The van der Waals surface area contributed by atoms with Crippen molar-refractivity contribution in [2.24, 2.45) is 5.73 Å². The molecule has 2 aliphatic rings. The Kier molecular flexibility index (Phi) is 7.70. The van der Waals surface area contributed by atoms with Gasteiger partial charge in [-0.2, -0.15) is 0 Å². The number of carbonyl (C=O) groups excluding carboxylic acids is 2. The van der Waals surface area contributed by atoms with E-state index in [1.807, 2.05) is 0 Å². The number of phosphoric acid groups is 1. The lowest BCUT2D eigenvalue weighted by Crippen LogP contribution is -2.30. The van der Waals surface area contributed by atoms with Crippen molar-refractivity contribution in [2.75, 3.05) is 11.9 Å². The fourth-order valence-electron chi connectivity index (χ4n) is 4.35. The zero-order valence-electron chi connectivity index (χ0n) is 22.0. The Bertz CT molecular complexity index is 1720. The highest BCUT2D eigenvalue weighted by molar-refractivity contribution is 7.49. The van der Waals surface area contributed by atoms with Crippen LogP contribution in [0, 0.1) is 0 Å². The second kappa shape index (κ2) is 11.6. The maximum absolute atomic E-state index is 13.5. The first-order valence-electron chi connectivity index (χ1n) is 13.1. The number of nitrogens with zero attached hydrogens (tertiary/aromatic N) is 2. The van der Waals surface area contributed by atoms with Gasteiger partial charge in [0, 0.05) is 48.6 Å². The van der Waals surface area contributed by atoms with Crippen LogP contribution in [0.1, 0.15) is 41.3 Å². The molecule has 2 aromatic carbocycles. The molecule has 42 heavy (non-hydrogen) atoms. The first kappa shape index (κ1) is 27.9. The Hall–Kier alpha value is -4.22. The lowest BCUT2D eigenvalue weighted by atomic mass is 10.1. The molecule has 4 N–H and O–H groups in total. The van der Waals surface area contributed by atoms with Gasteiger partial charge in [0.1, 0.15) is 17.2 Å². The number of ether oxygens (including phenoxy) is 1. The minimum Gasteiger partial charge on any atom is -0.457 e. The average Bonchev–Trinajstić information content (AvgIpc) is 3.78. The third-order valence-electron chi connectivity index (χ3n) is 6.57. The molecular formula is C28H25ClN5O7P. The molecule has 2 fully saturated rings. The number of primary amides is 1. The summed E-state index contributed by atoms with van der Waals surface area (Å²) in [5.41, 5.74) is 7.14. The average molecular weight is 610 g/mol. The molecule has 1 saturated heterocycles. The van der Waals surface area contributed by atoms with E-state index in [4.69, 9.17) is 35.6 Å². The molecule has 0 radical (unpaired) electrons. The van der Waals surface area contributed by atoms with E-state index in [1.54, 1.807) is 48.8 Å². The summed E-state index contributed by atoms with van der Waals surface area (Å²) in [6, 6.07) is 12.6. The number of nitrogens with two attached hydrogens (primary N) is 1. The van der Waals surface area contributed by atoms with E-state index >= 15 is 0 Å². The Morgan fingerprint density at radius 2 is 1.83 bits per heavy atom. The van der Waals surface area contributed by atoms with Crippen LogP contribution in [-0.2, 0) is 13.6 Å². The largest absolute Gasteiger partial charge is 0.530 e. The highest BCUT2D eigenvalue weighted by Gasteiger charge is 2.38. The molecule has 0 spiro atoms. The summed E-state index contributed by atoms with van der Waals surface area (Å²) >= 11 is 6.39. The second-order valence-corrected chi connectivity index (χ2v) is 11.6. The van der Waals surface area contributed by atoms with Gasteiger partial charge >= 0.3 is 13.9 Å². The van der Waals surface area contributed by atoms with Crippen LogP contribution in [0.3, 0.4) is 0 Å². The van der Waals surface area contributed by atoms with Crippen molar-refractivity contribution in [2.45, 2.75) is 31.4 Å². The Labute approximate surface area is 245 Å². The number of fused-ring (bicyclic) bond motifs is 1. The summed E-state index contributed by atoms with van der Waals surface area (Å²) in [5, 5.41) is 6.25. The maximum atomic E-state index is 13.5. The van der Waals surface area contributed by atoms with E-state index < -0.39 is 19.8 Å². The molecule has 216 valence electrons. The maximum Gasteiger partial charge on any atom is 0.530 e. The van der Waals surface area contributed by atoms with Crippen molar-refractivity contribution in [3.8, 4) is 17.2 Å². The van der Waals surface area contributed by atoms with Crippen LogP contribution in [0.15, 0.2) is 67.1 Å². The molecule has 3 amide bonds. The molecule has 14 heteroatoms. The quantitative estimate of drug-likeness (QED) is 0.199. The molecule has 6 rings (SSSR count). The molecule has 1 aliphatic heterocycles. The SMILES string of the molecule is NC(=O)c1cc2c(Oc3ccc(NC(=O)NC4CC4)c(Cl)c3)ccnc2cc1OP1(=O)OCCC(c2ccncc2)O1. The van der Waals surface area contributed by atoms with Crippen LogP contribution < -0.4 is 25.6 Å². The standard InChI is InChI=1S/C28H25ClN5O7P/c29-21-13-18(3-4-22(21)34-28(36)33-17-1-2-17)39-25-7-11-32-23-15-26(20(27(30)35)14-19(23)25)41-42(37)38-12-8-24(40-42)16-5-9-31-10-6-16/h3-7,9-11,13-15,17,24H,1-2,8,12H2,(H2,30,35)(H2,33,34,36). The number of urea groups is 1. The van der Waals surface area contributed by atoms with Crippen molar-refractivity contribution < 1.29 is 32.5 Å². The van der Waals surface area contributed by atoms with Gasteiger partial charge < -0.3 is 25.6 Å². The Balaban J connectivity index is 1.25. The number of nitrogens with one attached hydrogen (secondary N) is 2. The van der Waals surface area contributed by atoms with Crippen molar-refractivity contribution in [1.82, 2.24) is 15.3 Å². The van der Waals surface area contributed by atoms with E-state index in [0.29, 0.717) is 34.5 Å². The molecule has 1 saturated carbocycles. The predicted molar refractivity (Wildman–Crippen MR) is 154 cm³/mol. The smallest absolute Gasteiger partial charge is 0.457 e. The van der Waals surface area contributed by atoms with Crippen LogP contribution >= 0.6 is 19.4 Å². The van der Waals surface area contributed by atoms with Crippen LogP contribution in [-0.4, -0.2) is 34.6 Å². The van der Waals surface area contributed by atoms with E-state index in [2.05, 4.69) is 20.6 Å². The van der Waals surface area contributed by atoms with Crippen molar-refractivity contribution in [1.29, 1.82) is 0 Å². The van der Waals surface area contributed by atoms with Gasteiger partial charge in [0.25, 0.3) is 5.91 Å². The van der Waals surface area contributed by atoms with Gasteiger partial charge in [-0.1, -0.05) is 11.6 Å². The van der Waals surface area contributed by atoms with Crippen molar-refractivity contribution in [3.63, 3.8) is 0 Å². The number of aromatic nitrogens is 2. The van der Waals surface area contributed by atoms with Gasteiger partial charge in [-0.3, -0.25) is 23.8 Å². The fraction of sp³-hybridized carbons (Fsp3) is 0.214. The molecule has 4 aromatic rings. The molecule has 3 heterocycles. The molecule has 12 nitrogen and oxygen atoms in total. The van der Waals surface area contributed by atoms with Crippen LogP contribution in [0.5, 0.6) is 17.2 Å². The molecule has 2 aromatic heterocycles. The number of hydrogen-bond donors (Lipinski definition) is 3. The van der Waals surface area contributed by atoms with Crippen molar-refractivity contribution >= 4 is 48.0 Å². The van der Waals surface area contributed by atoms with Crippen molar-refractivity contribution in [3.05, 3.63) is 83.3 Å². The highest BCUT2D eigenvalue weighted by Crippen LogP contribution is 2.57. The number of hydrogen-bond acceptors (Lipinski definition) is 9. The number of benzene rings is 2. The summed E-state index contributed by atoms with van der Waals surface area (Å²) < 4.78 is 36.3. The zero-order chi connectivity index (χ0) is 29.3. The number of amides is 3. The summed E-state index contributed by atoms with van der Waals surface area (Å²) in [7, 11) is -4.13. The van der Waals surface area contributed by atoms with E-state index in [0.717, 1.165) is 18.4 Å². The number of carbonyl (C=O) groups is 2.